The Bertz CT molecular complexity index is 826. The van der Waals surface area contributed by atoms with Crippen LogP contribution in [0.25, 0.3) is 0 Å². The van der Waals surface area contributed by atoms with Crippen molar-refractivity contribution in [1.82, 2.24) is 30.7 Å². The lowest BCUT2D eigenvalue weighted by Crippen LogP contribution is -2.77. The molecular formula is C13H14N6O3S. The fourth-order valence-corrected chi connectivity index (χ4v) is 3.89. The molecule has 2 heterocycles. The lowest BCUT2D eigenvalue weighted by molar-refractivity contribution is -0.0835. The molecule has 10 heteroatoms. The van der Waals surface area contributed by atoms with Crippen molar-refractivity contribution in [3.63, 3.8) is 0 Å². The van der Waals surface area contributed by atoms with Crippen molar-refractivity contribution in [1.29, 1.82) is 0 Å². The van der Waals surface area contributed by atoms with Crippen molar-refractivity contribution in [3.8, 4) is 5.88 Å². The molecule has 2 aromatic rings. The number of nitrogens with one attached hydrogen (secondary N) is 3. The summed E-state index contributed by atoms with van der Waals surface area (Å²) in [6.07, 6.45) is 3.94. The quantitative estimate of drug-likeness (QED) is 0.484. The van der Waals surface area contributed by atoms with Crippen molar-refractivity contribution in [3.05, 3.63) is 33.6 Å². The highest BCUT2D eigenvalue weighted by molar-refractivity contribution is 7.79. The highest BCUT2D eigenvalue weighted by Crippen LogP contribution is 2.67. The molecule has 3 aliphatic rings. The minimum absolute atomic E-state index is 0.0249. The Morgan fingerprint density at radius 1 is 1.43 bits per heavy atom. The molecular weight excluding hydrogens is 320 g/mol. The van der Waals surface area contributed by atoms with Crippen LogP contribution in [0, 0.1) is 0 Å². The predicted octanol–water partition coefficient (Wildman–Crippen LogP) is -0.373. The average Bonchev–Trinajstić information content (AvgIpc) is 2.94. The number of hydrogen-bond donors (Lipinski definition) is 5. The largest absolute Gasteiger partial charge is 0.493 e. The second kappa shape index (κ2) is 4.57. The maximum absolute atomic E-state index is 12.3. The van der Waals surface area contributed by atoms with E-state index >= 15 is 0 Å². The van der Waals surface area contributed by atoms with Crippen molar-refractivity contribution in [2.45, 2.75) is 36.0 Å². The molecule has 1 amide bonds. The summed E-state index contributed by atoms with van der Waals surface area (Å²) in [6, 6.07) is 0. The van der Waals surface area contributed by atoms with Crippen LogP contribution in [0.3, 0.4) is 0 Å². The monoisotopic (exact) mass is 334 g/mol. The summed E-state index contributed by atoms with van der Waals surface area (Å²) in [5, 5.41) is 23.2. The molecule has 3 aliphatic carbocycles. The first-order chi connectivity index (χ1) is 11.0. The van der Waals surface area contributed by atoms with Gasteiger partial charge in [0.05, 0.1) is 11.9 Å². The van der Waals surface area contributed by atoms with Gasteiger partial charge in [0.25, 0.3) is 11.5 Å². The third kappa shape index (κ3) is 1.97. The summed E-state index contributed by atoms with van der Waals surface area (Å²) < 4.78 is 0. The van der Waals surface area contributed by atoms with Crippen LogP contribution in [0.2, 0.25) is 0 Å². The van der Waals surface area contributed by atoms with Gasteiger partial charge in [0, 0.05) is 16.7 Å². The molecule has 0 unspecified atom stereocenters. The number of aromatic hydroxyl groups is 1. The van der Waals surface area contributed by atoms with Crippen LogP contribution in [0.5, 0.6) is 5.88 Å². The molecule has 2 bridgehead atoms. The summed E-state index contributed by atoms with van der Waals surface area (Å²) >= 11 is 3.97. The van der Waals surface area contributed by atoms with E-state index in [-0.39, 0.29) is 28.1 Å². The maximum Gasteiger partial charge on any atom is 0.267 e. The van der Waals surface area contributed by atoms with E-state index in [1.807, 2.05) is 0 Å². The van der Waals surface area contributed by atoms with E-state index in [1.54, 1.807) is 6.20 Å². The normalized spacial score (nSPS) is 27.9. The first-order valence-electron chi connectivity index (χ1n) is 7.09. The molecule has 0 atom stereocenters. The van der Waals surface area contributed by atoms with Crippen molar-refractivity contribution < 1.29 is 9.90 Å². The van der Waals surface area contributed by atoms with Crippen molar-refractivity contribution in [2.75, 3.05) is 0 Å². The van der Waals surface area contributed by atoms with Crippen LogP contribution in [0.15, 0.2) is 11.0 Å². The maximum atomic E-state index is 12.3. The van der Waals surface area contributed by atoms with E-state index in [4.69, 9.17) is 0 Å². The molecule has 4 N–H and O–H groups in total. The topological polar surface area (TPSA) is 137 Å². The molecule has 5 rings (SSSR count). The van der Waals surface area contributed by atoms with Crippen LogP contribution in [-0.4, -0.2) is 41.9 Å². The van der Waals surface area contributed by atoms with Gasteiger partial charge in [0.15, 0.2) is 5.56 Å². The number of thiol groups is 1. The number of carbonyl (C=O) groups is 1. The molecule has 9 nitrogen and oxygen atoms in total. The fourth-order valence-electron chi connectivity index (χ4n) is 3.74. The van der Waals surface area contributed by atoms with Crippen LogP contribution in [0.1, 0.15) is 41.1 Å². The number of rotatable bonds is 4. The van der Waals surface area contributed by atoms with Gasteiger partial charge in [-0.2, -0.15) is 33.0 Å². The van der Waals surface area contributed by atoms with Crippen molar-refractivity contribution >= 4 is 18.5 Å². The number of aromatic amines is 2. The van der Waals surface area contributed by atoms with E-state index in [1.165, 1.54) is 0 Å². The van der Waals surface area contributed by atoms with Gasteiger partial charge in [-0.15, -0.1) is 0 Å². The Hall–Kier alpha value is -2.36. The van der Waals surface area contributed by atoms with Crippen LogP contribution < -0.4 is 10.9 Å². The van der Waals surface area contributed by atoms with Gasteiger partial charge in [0.2, 0.25) is 5.88 Å². The smallest absolute Gasteiger partial charge is 0.267 e. The Morgan fingerprint density at radius 2 is 2.17 bits per heavy atom. The molecule has 3 fully saturated rings. The summed E-state index contributed by atoms with van der Waals surface area (Å²) in [5.74, 6) is -0.819. The van der Waals surface area contributed by atoms with Gasteiger partial charge in [-0.05, 0) is 19.3 Å². The summed E-state index contributed by atoms with van der Waals surface area (Å²) in [5.41, 5.74) is -0.498. The Kier molecular flexibility index (Phi) is 2.83. The number of H-pyrrole nitrogens is 2. The Balaban J connectivity index is 1.50. The van der Waals surface area contributed by atoms with Gasteiger partial charge in [-0.25, -0.2) is 0 Å². The number of amides is 1. The average molecular weight is 334 g/mol. The third-order valence-electron chi connectivity index (χ3n) is 4.69. The lowest BCUT2D eigenvalue weighted by atomic mass is 9.38. The minimum Gasteiger partial charge on any atom is -0.493 e. The zero-order valence-corrected chi connectivity index (χ0v) is 12.9. The molecule has 2 aromatic heterocycles. The molecule has 0 aliphatic heterocycles. The predicted molar refractivity (Wildman–Crippen MR) is 81.3 cm³/mol. The molecule has 120 valence electrons. The highest BCUT2D eigenvalue weighted by Gasteiger charge is 2.70. The van der Waals surface area contributed by atoms with Gasteiger partial charge >= 0.3 is 0 Å². The van der Waals surface area contributed by atoms with Crippen LogP contribution >= 0.6 is 12.6 Å². The third-order valence-corrected chi connectivity index (χ3v) is 4.99. The number of nitrogens with zero attached hydrogens (tertiary/aromatic N) is 3. The van der Waals surface area contributed by atoms with E-state index in [9.17, 15) is 14.7 Å². The number of hydrogen-bond acceptors (Lipinski definition) is 7. The van der Waals surface area contributed by atoms with E-state index in [0.29, 0.717) is 0 Å². The number of carbonyl (C=O) groups excluding carboxylic acids is 1. The zero-order valence-electron chi connectivity index (χ0n) is 12.0. The summed E-state index contributed by atoms with van der Waals surface area (Å²) in [7, 11) is 0. The Morgan fingerprint density at radius 3 is 2.74 bits per heavy atom. The van der Waals surface area contributed by atoms with Gasteiger partial charge in [0.1, 0.15) is 5.82 Å². The molecule has 0 saturated heterocycles. The van der Waals surface area contributed by atoms with E-state index in [0.717, 1.165) is 25.0 Å². The summed E-state index contributed by atoms with van der Waals surface area (Å²) in [6.45, 7) is 0. The highest BCUT2D eigenvalue weighted by atomic mass is 32.1. The summed E-state index contributed by atoms with van der Waals surface area (Å²) in [4.78, 5) is 30.4. The first kappa shape index (κ1) is 14.2. The molecule has 23 heavy (non-hydrogen) atoms. The molecule has 0 aromatic carbocycles. The SMILES string of the molecule is O=C(NC12CC(c3cn[nH]n3)(C1)C2)c1c(O)nc(CS)[nH]c1=O. The van der Waals surface area contributed by atoms with Gasteiger partial charge in [-0.1, -0.05) is 0 Å². The fraction of sp³-hybridized carbons (Fsp3) is 0.462. The minimum atomic E-state index is -0.670. The van der Waals surface area contributed by atoms with Crippen molar-refractivity contribution in [2.24, 2.45) is 0 Å². The first-order valence-corrected chi connectivity index (χ1v) is 7.72. The van der Waals surface area contributed by atoms with Crippen LogP contribution in [-0.2, 0) is 11.2 Å². The van der Waals surface area contributed by atoms with E-state index < -0.39 is 17.3 Å². The standard InChI is InChI=1S/C13H14N6O3S/c20-9-8(10(21)16-7(2-23)15-9)11(22)17-13-3-12(4-13,5-13)6-1-14-19-18-6/h1,23H,2-5H2,(H,17,22)(H,14,18,19)(H2,15,16,20,21). The van der Waals surface area contributed by atoms with Crippen LogP contribution in [0.4, 0.5) is 0 Å². The molecule has 0 radical (unpaired) electrons. The second-order valence-electron chi connectivity index (χ2n) is 6.27. The van der Waals surface area contributed by atoms with E-state index in [2.05, 4.69) is 43.3 Å². The lowest BCUT2D eigenvalue weighted by Gasteiger charge is -2.69. The second-order valence-corrected chi connectivity index (χ2v) is 6.59. The Labute approximate surface area is 135 Å². The van der Waals surface area contributed by atoms with Gasteiger partial charge < -0.3 is 15.4 Å². The van der Waals surface area contributed by atoms with Gasteiger partial charge in [-0.3, -0.25) is 9.59 Å². The molecule has 3 saturated carbocycles. The zero-order chi connectivity index (χ0) is 16.2. The number of aromatic nitrogens is 5. The molecule has 0 spiro atoms.